The molecule has 156 valence electrons. The minimum Gasteiger partial charge on any atom is -0.481 e. The lowest BCUT2D eigenvalue weighted by Gasteiger charge is -2.19. The van der Waals surface area contributed by atoms with Crippen LogP contribution in [0, 0.1) is 0 Å². The summed E-state index contributed by atoms with van der Waals surface area (Å²) in [5, 5.41) is 0. The van der Waals surface area contributed by atoms with Gasteiger partial charge in [0.2, 0.25) is 5.88 Å². The number of nitrogens with zero attached hydrogens (tertiary/aromatic N) is 2. The third-order valence-electron chi connectivity index (χ3n) is 4.68. The van der Waals surface area contributed by atoms with Gasteiger partial charge in [-0.2, -0.15) is 4.98 Å². The Labute approximate surface area is 180 Å². The quantitative estimate of drug-likeness (QED) is 0.506. The Kier molecular flexibility index (Phi) is 7.18. The Morgan fingerprint density at radius 1 is 1.03 bits per heavy atom. The van der Waals surface area contributed by atoms with E-state index in [1.165, 1.54) is 4.90 Å². The minimum absolute atomic E-state index is 0.00648. The largest absolute Gasteiger partial charge is 0.481 e. The van der Waals surface area contributed by atoms with E-state index in [2.05, 4.69) is 34.2 Å². The predicted octanol–water partition coefficient (Wildman–Crippen LogP) is 4.36. The SMILES string of the molecule is COc1ccnc(OC[C@H]2OC(Sc3ccccc3)C[C@@H]2OCc2ccccc2)n1. The zero-order chi connectivity index (χ0) is 20.6. The van der Waals surface area contributed by atoms with Crippen LogP contribution in [-0.2, 0) is 16.1 Å². The smallest absolute Gasteiger partial charge is 0.319 e. The van der Waals surface area contributed by atoms with Crippen LogP contribution in [0.15, 0.2) is 77.8 Å². The van der Waals surface area contributed by atoms with E-state index in [0.717, 1.165) is 12.0 Å². The molecule has 1 unspecified atom stereocenters. The first-order chi connectivity index (χ1) is 14.8. The van der Waals surface area contributed by atoms with Crippen LogP contribution in [0.2, 0.25) is 0 Å². The van der Waals surface area contributed by atoms with Crippen molar-refractivity contribution in [2.75, 3.05) is 13.7 Å². The molecule has 1 aliphatic heterocycles. The highest BCUT2D eigenvalue weighted by atomic mass is 32.2. The van der Waals surface area contributed by atoms with Crippen LogP contribution in [-0.4, -0.2) is 41.3 Å². The van der Waals surface area contributed by atoms with Gasteiger partial charge in [-0.25, -0.2) is 4.98 Å². The Balaban J connectivity index is 1.40. The molecular formula is C23H24N2O4S. The molecule has 0 bridgehead atoms. The molecule has 1 aromatic heterocycles. The predicted molar refractivity (Wildman–Crippen MR) is 115 cm³/mol. The number of hydrogen-bond acceptors (Lipinski definition) is 7. The van der Waals surface area contributed by atoms with Crippen molar-refractivity contribution >= 4 is 11.8 Å². The van der Waals surface area contributed by atoms with Crippen molar-refractivity contribution in [2.45, 2.75) is 35.6 Å². The highest BCUT2D eigenvalue weighted by Gasteiger charge is 2.37. The molecule has 3 atom stereocenters. The zero-order valence-corrected chi connectivity index (χ0v) is 17.5. The van der Waals surface area contributed by atoms with Crippen molar-refractivity contribution in [2.24, 2.45) is 0 Å². The summed E-state index contributed by atoms with van der Waals surface area (Å²) in [4.78, 5) is 9.51. The van der Waals surface area contributed by atoms with E-state index in [1.807, 2.05) is 36.4 Å². The number of thioether (sulfide) groups is 1. The molecule has 2 heterocycles. The van der Waals surface area contributed by atoms with E-state index in [4.69, 9.17) is 18.9 Å². The summed E-state index contributed by atoms with van der Waals surface area (Å²) in [5.41, 5.74) is 1.13. The molecule has 4 rings (SSSR count). The second-order valence-electron chi connectivity index (χ2n) is 6.80. The van der Waals surface area contributed by atoms with Gasteiger partial charge < -0.3 is 18.9 Å². The molecule has 3 aromatic rings. The lowest BCUT2D eigenvalue weighted by Crippen LogP contribution is -2.30. The molecular weight excluding hydrogens is 400 g/mol. The van der Waals surface area contributed by atoms with Crippen LogP contribution < -0.4 is 9.47 Å². The Bertz CT molecular complexity index is 913. The van der Waals surface area contributed by atoms with Crippen molar-refractivity contribution < 1.29 is 18.9 Å². The topological polar surface area (TPSA) is 62.7 Å². The molecule has 0 saturated carbocycles. The minimum atomic E-state index is -0.218. The molecule has 2 aromatic carbocycles. The van der Waals surface area contributed by atoms with Crippen molar-refractivity contribution in [1.82, 2.24) is 9.97 Å². The lowest BCUT2D eigenvalue weighted by atomic mass is 10.2. The third-order valence-corrected chi connectivity index (χ3v) is 5.79. The first-order valence-electron chi connectivity index (χ1n) is 9.82. The second-order valence-corrected chi connectivity index (χ2v) is 8.03. The Morgan fingerprint density at radius 2 is 1.80 bits per heavy atom. The molecule has 30 heavy (non-hydrogen) atoms. The number of rotatable bonds is 9. The van der Waals surface area contributed by atoms with Gasteiger partial charge >= 0.3 is 6.01 Å². The maximum atomic E-state index is 6.27. The molecule has 0 radical (unpaired) electrons. The lowest BCUT2D eigenvalue weighted by molar-refractivity contribution is -0.0393. The Hall–Kier alpha value is -2.61. The van der Waals surface area contributed by atoms with E-state index >= 15 is 0 Å². The molecule has 1 fully saturated rings. The third kappa shape index (κ3) is 5.72. The molecule has 0 aliphatic carbocycles. The van der Waals surface area contributed by atoms with E-state index in [-0.39, 0.29) is 23.7 Å². The van der Waals surface area contributed by atoms with Crippen molar-refractivity contribution in [3.05, 3.63) is 78.5 Å². The molecule has 6 nitrogen and oxygen atoms in total. The van der Waals surface area contributed by atoms with Gasteiger partial charge in [-0.1, -0.05) is 60.3 Å². The van der Waals surface area contributed by atoms with E-state index in [1.54, 1.807) is 31.1 Å². The summed E-state index contributed by atoms with van der Waals surface area (Å²) in [7, 11) is 1.56. The maximum Gasteiger partial charge on any atom is 0.319 e. The fraction of sp³-hybridized carbons (Fsp3) is 0.304. The number of hydrogen-bond donors (Lipinski definition) is 0. The van der Waals surface area contributed by atoms with E-state index in [0.29, 0.717) is 19.1 Å². The standard InChI is InChI=1S/C23H24N2O4S/c1-26-21-12-13-24-23(25-21)28-16-20-19(27-15-17-8-4-2-5-9-17)14-22(29-20)30-18-10-6-3-7-11-18/h2-13,19-20,22H,14-16H2,1H3/t19-,20+,22?/m0/s1. The fourth-order valence-electron chi connectivity index (χ4n) is 3.17. The second kappa shape index (κ2) is 10.4. The average molecular weight is 425 g/mol. The highest BCUT2D eigenvalue weighted by Crippen LogP contribution is 2.35. The van der Waals surface area contributed by atoms with Crippen molar-refractivity contribution in [1.29, 1.82) is 0 Å². The van der Waals surface area contributed by atoms with Crippen molar-refractivity contribution in [3.63, 3.8) is 0 Å². The highest BCUT2D eigenvalue weighted by molar-refractivity contribution is 7.99. The number of methoxy groups -OCH3 is 1. The summed E-state index contributed by atoms with van der Waals surface area (Å²) in [5.74, 6) is 0.460. The zero-order valence-electron chi connectivity index (χ0n) is 16.7. The van der Waals surface area contributed by atoms with Crippen LogP contribution in [0.5, 0.6) is 11.9 Å². The van der Waals surface area contributed by atoms with Gasteiger partial charge in [0.15, 0.2) is 0 Å². The van der Waals surface area contributed by atoms with Crippen LogP contribution in [0.1, 0.15) is 12.0 Å². The summed E-state index contributed by atoms with van der Waals surface area (Å²) in [6, 6.07) is 22.3. The van der Waals surface area contributed by atoms with Gasteiger partial charge in [0.05, 0.1) is 19.8 Å². The first kappa shape index (κ1) is 20.7. The molecule has 1 saturated heterocycles. The molecule has 1 aliphatic rings. The number of benzene rings is 2. The van der Waals surface area contributed by atoms with Crippen LogP contribution in [0.3, 0.4) is 0 Å². The molecule has 7 heteroatoms. The number of ether oxygens (including phenoxy) is 4. The summed E-state index contributed by atoms with van der Waals surface area (Å²) < 4.78 is 23.4. The van der Waals surface area contributed by atoms with E-state index < -0.39 is 0 Å². The van der Waals surface area contributed by atoms with Gasteiger partial charge in [-0.15, -0.1) is 0 Å². The molecule has 0 amide bonds. The van der Waals surface area contributed by atoms with Crippen molar-refractivity contribution in [3.8, 4) is 11.9 Å². The van der Waals surface area contributed by atoms with Crippen LogP contribution in [0.4, 0.5) is 0 Å². The molecule has 0 N–H and O–H groups in total. The first-order valence-corrected chi connectivity index (χ1v) is 10.7. The maximum absolute atomic E-state index is 6.27. The summed E-state index contributed by atoms with van der Waals surface area (Å²) >= 11 is 1.70. The van der Waals surface area contributed by atoms with Crippen LogP contribution >= 0.6 is 11.8 Å². The van der Waals surface area contributed by atoms with Gasteiger partial charge in [-0.3, -0.25) is 0 Å². The number of aromatic nitrogens is 2. The van der Waals surface area contributed by atoms with Gasteiger partial charge in [0, 0.05) is 23.6 Å². The Morgan fingerprint density at radius 3 is 2.57 bits per heavy atom. The van der Waals surface area contributed by atoms with Crippen LogP contribution in [0.25, 0.3) is 0 Å². The monoisotopic (exact) mass is 424 g/mol. The fourth-order valence-corrected chi connectivity index (χ4v) is 4.27. The van der Waals surface area contributed by atoms with E-state index in [9.17, 15) is 0 Å². The summed E-state index contributed by atoms with van der Waals surface area (Å²) in [6.07, 6.45) is 2.08. The molecule has 0 spiro atoms. The van der Waals surface area contributed by atoms with Gasteiger partial charge in [0.1, 0.15) is 18.1 Å². The average Bonchev–Trinajstić information content (AvgIpc) is 3.19. The van der Waals surface area contributed by atoms with Gasteiger partial charge in [0.25, 0.3) is 0 Å². The normalized spacial score (nSPS) is 20.8. The summed E-state index contributed by atoms with van der Waals surface area (Å²) in [6.45, 7) is 0.836. The van der Waals surface area contributed by atoms with Gasteiger partial charge in [-0.05, 0) is 17.7 Å².